The van der Waals surface area contributed by atoms with Gasteiger partial charge in [0.05, 0.1) is 0 Å². The maximum absolute atomic E-state index is 11.8. The van der Waals surface area contributed by atoms with Gasteiger partial charge in [0.2, 0.25) is 5.91 Å². The number of hydrogen-bond donors (Lipinski definition) is 2. The molecule has 22 heavy (non-hydrogen) atoms. The molecule has 6 heteroatoms. The largest absolute Gasteiger partial charge is 0.445 e. The third-order valence-corrected chi connectivity index (χ3v) is 2.99. The van der Waals surface area contributed by atoms with Gasteiger partial charge in [-0.1, -0.05) is 36.4 Å². The Hall–Kier alpha value is -2.89. The number of aromatic nitrogens is 1. The Labute approximate surface area is 128 Å². The fraction of sp³-hybridized carbons (Fsp3) is 0.188. The number of carbonyl (C=O) groups excluding carboxylic acids is 2. The van der Waals surface area contributed by atoms with Crippen molar-refractivity contribution >= 4 is 12.0 Å². The highest BCUT2D eigenvalue weighted by atomic mass is 16.5. The zero-order chi connectivity index (χ0) is 15.8. The van der Waals surface area contributed by atoms with Crippen LogP contribution in [0.5, 0.6) is 0 Å². The molecule has 0 aliphatic rings. The second kappa shape index (κ2) is 7.78. The van der Waals surface area contributed by atoms with Crippen molar-refractivity contribution in [3.8, 4) is 0 Å². The van der Waals surface area contributed by atoms with E-state index < -0.39 is 18.0 Å². The molecule has 0 aliphatic carbocycles. The Morgan fingerprint density at radius 1 is 1.14 bits per heavy atom. The molecule has 0 saturated carbocycles. The van der Waals surface area contributed by atoms with Crippen LogP contribution in [0.15, 0.2) is 54.7 Å². The normalized spacial score (nSPS) is 11.5. The van der Waals surface area contributed by atoms with Gasteiger partial charge in [0, 0.05) is 18.3 Å². The highest BCUT2D eigenvalue weighted by molar-refractivity contribution is 5.84. The van der Waals surface area contributed by atoms with Gasteiger partial charge in [0.1, 0.15) is 12.6 Å². The number of amides is 2. The summed E-state index contributed by atoms with van der Waals surface area (Å²) in [6, 6.07) is 13.7. The lowest BCUT2D eigenvalue weighted by Gasteiger charge is -2.15. The van der Waals surface area contributed by atoms with Crippen LogP contribution in [0.4, 0.5) is 4.79 Å². The highest BCUT2D eigenvalue weighted by Gasteiger charge is 2.19. The fourth-order valence-corrected chi connectivity index (χ4v) is 1.86. The Morgan fingerprint density at radius 3 is 2.50 bits per heavy atom. The number of carbonyl (C=O) groups is 2. The third-order valence-electron chi connectivity index (χ3n) is 2.99. The van der Waals surface area contributed by atoms with E-state index in [4.69, 9.17) is 10.5 Å². The molecule has 114 valence electrons. The molecule has 0 spiro atoms. The van der Waals surface area contributed by atoms with E-state index in [-0.39, 0.29) is 13.0 Å². The fourth-order valence-electron chi connectivity index (χ4n) is 1.86. The topological polar surface area (TPSA) is 94.3 Å². The predicted molar refractivity (Wildman–Crippen MR) is 80.7 cm³/mol. The van der Waals surface area contributed by atoms with Crippen molar-refractivity contribution in [2.24, 2.45) is 5.73 Å². The lowest BCUT2D eigenvalue weighted by atomic mass is 10.1. The van der Waals surface area contributed by atoms with Crippen molar-refractivity contribution in [1.29, 1.82) is 0 Å². The van der Waals surface area contributed by atoms with Gasteiger partial charge in [0.25, 0.3) is 0 Å². The first kappa shape index (κ1) is 15.5. The minimum atomic E-state index is -0.863. The number of alkyl carbamates (subject to hydrolysis) is 1. The second-order valence-electron chi connectivity index (χ2n) is 4.69. The third kappa shape index (κ3) is 4.90. The molecule has 2 rings (SSSR count). The summed E-state index contributed by atoms with van der Waals surface area (Å²) in [4.78, 5) is 27.3. The number of nitrogens with zero attached hydrogens (tertiary/aromatic N) is 1. The zero-order valence-corrected chi connectivity index (χ0v) is 11.9. The van der Waals surface area contributed by atoms with Crippen LogP contribution in [0, 0.1) is 0 Å². The molecular weight excluding hydrogens is 282 g/mol. The second-order valence-corrected chi connectivity index (χ2v) is 4.69. The summed E-state index contributed by atoms with van der Waals surface area (Å²) < 4.78 is 5.07. The Morgan fingerprint density at radius 2 is 1.86 bits per heavy atom. The number of rotatable bonds is 6. The molecular formula is C16H17N3O3. The number of nitrogens with one attached hydrogen (secondary N) is 1. The number of benzene rings is 1. The summed E-state index contributed by atoms with van der Waals surface area (Å²) in [7, 11) is 0. The summed E-state index contributed by atoms with van der Waals surface area (Å²) in [6.45, 7) is 0.127. The van der Waals surface area contributed by atoms with E-state index in [1.54, 1.807) is 24.4 Å². The van der Waals surface area contributed by atoms with Crippen LogP contribution in [-0.4, -0.2) is 23.0 Å². The van der Waals surface area contributed by atoms with Crippen molar-refractivity contribution in [2.75, 3.05) is 0 Å². The molecule has 1 aromatic carbocycles. The summed E-state index contributed by atoms with van der Waals surface area (Å²) in [6.07, 6.45) is 1.14. The van der Waals surface area contributed by atoms with Crippen LogP contribution in [0.2, 0.25) is 0 Å². The summed E-state index contributed by atoms with van der Waals surface area (Å²) in [5, 5.41) is 2.46. The molecule has 0 bridgehead atoms. The van der Waals surface area contributed by atoms with Gasteiger partial charge in [-0.2, -0.15) is 0 Å². The number of ether oxygens (including phenoxy) is 1. The van der Waals surface area contributed by atoms with Gasteiger partial charge >= 0.3 is 6.09 Å². The smallest absolute Gasteiger partial charge is 0.408 e. The van der Waals surface area contributed by atoms with Crippen LogP contribution in [0.1, 0.15) is 11.3 Å². The predicted octanol–water partition coefficient (Wildman–Crippen LogP) is 1.40. The molecule has 1 aromatic heterocycles. The molecule has 0 saturated heterocycles. The Kier molecular flexibility index (Phi) is 5.48. The lowest BCUT2D eigenvalue weighted by molar-refractivity contribution is -0.119. The molecule has 1 atom stereocenters. The minimum absolute atomic E-state index is 0.127. The monoisotopic (exact) mass is 299 g/mol. The molecule has 6 nitrogen and oxygen atoms in total. The average Bonchev–Trinajstić information content (AvgIpc) is 2.54. The van der Waals surface area contributed by atoms with Crippen molar-refractivity contribution in [1.82, 2.24) is 10.3 Å². The maximum Gasteiger partial charge on any atom is 0.408 e. The van der Waals surface area contributed by atoms with E-state index in [1.165, 1.54) is 0 Å². The van der Waals surface area contributed by atoms with Gasteiger partial charge in [-0.3, -0.25) is 9.78 Å². The van der Waals surface area contributed by atoms with E-state index >= 15 is 0 Å². The first-order valence-electron chi connectivity index (χ1n) is 6.81. The first-order chi connectivity index (χ1) is 10.6. The number of primary amides is 1. The van der Waals surface area contributed by atoms with Crippen LogP contribution >= 0.6 is 0 Å². The summed E-state index contributed by atoms with van der Waals surface area (Å²) in [5.74, 6) is -0.637. The molecule has 3 N–H and O–H groups in total. The summed E-state index contributed by atoms with van der Waals surface area (Å²) >= 11 is 0. The number of hydrogen-bond acceptors (Lipinski definition) is 4. The van der Waals surface area contributed by atoms with E-state index in [0.717, 1.165) is 5.56 Å². The summed E-state index contributed by atoms with van der Waals surface area (Å²) in [5.41, 5.74) is 6.82. The van der Waals surface area contributed by atoms with Crippen molar-refractivity contribution in [3.63, 3.8) is 0 Å². The van der Waals surface area contributed by atoms with Crippen LogP contribution in [0.3, 0.4) is 0 Å². The first-order valence-corrected chi connectivity index (χ1v) is 6.81. The van der Waals surface area contributed by atoms with Crippen molar-refractivity contribution < 1.29 is 14.3 Å². The Bertz CT molecular complexity index is 617. The molecule has 2 amide bonds. The lowest BCUT2D eigenvalue weighted by Crippen LogP contribution is -2.46. The van der Waals surface area contributed by atoms with Gasteiger partial charge < -0.3 is 15.8 Å². The maximum atomic E-state index is 11.8. The molecule has 2 aromatic rings. The van der Waals surface area contributed by atoms with Crippen LogP contribution in [-0.2, 0) is 22.6 Å². The van der Waals surface area contributed by atoms with Crippen LogP contribution < -0.4 is 11.1 Å². The SMILES string of the molecule is NC(=O)[C@H](Cc1ccccn1)NC(=O)OCc1ccccc1. The van der Waals surface area contributed by atoms with Crippen molar-refractivity contribution in [2.45, 2.75) is 19.1 Å². The van der Waals surface area contributed by atoms with Gasteiger partial charge in [-0.25, -0.2) is 4.79 Å². The van der Waals surface area contributed by atoms with Crippen molar-refractivity contribution in [3.05, 3.63) is 66.0 Å². The quantitative estimate of drug-likeness (QED) is 0.843. The number of pyridine rings is 1. The zero-order valence-electron chi connectivity index (χ0n) is 11.9. The Balaban J connectivity index is 1.88. The van der Waals surface area contributed by atoms with Gasteiger partial charge in [-0.05, 0) is 17.7 Å². The van der Waals surface area contributed by atoms with Crippen LogP contribution in [0.25, 0.3) is 0 Å². The van der Waals surface area contributed by atoms with E-state index in [0.29, 0.717) is 5.69 Å². The molecule has 0 radical (unpaired) electrons. The molecule has 0 unspecified atom stereocenters. The standard InChI is InChI=1S/C16H17N3O3/c17-15(20)14(10-13-8-4-5-9-18-13)19-16(21)22-11-12-6-2-1-3-7-12/h1-9,14H,10-11H2,(H2,17,20)(H,19,21)/t14-/m0/s1. The highest BCUT2D eigenvalue weighted by Crippen LogP contribution is 2.02. The van der Waals surface area contributed by atoms with E-state index in [9.17, 15) is 9.59 Å². The average molecular weight is 299 g/mol. The molecule has 1 heterocycles. The number of nitrogens with two attached hydrogens (primary N) is 1. The molecule has 0 fully saturated rings. The van der Waals surface area contributed by atoms with E-state index in [2.05, 4.69) is 10.3 Å². The van der Waals surface area contributed by atoms with Gasteiger partial charge in [0.15, 0.2) is 0 Å². The molecule has 0 aliphatic heterocycles. The van der Waals surface area contributed by atoms with E-state index in [1.807, 2.05) is 30.3 Å². The van der Waals surface area contributed by atoms with Gasteiger partial charge in [-0.15, -0.1) is 0 Å². The minimum Gasteiger partial charge on any atom is -0.445 e.